The van der Waals surface area contributed by atoms with Crippen molar-refractivity contribution >= 4 is 28.6 Å². The van der Waals surface area contributed by atoms with E-state index in [4.69, 9.17) is 0 Å². The Kier molecular flexibility index (Phi) is 5.87. The molecule has 0 saturated carbocycles. The van der Waals surface area contributed by atoms with Crippen LogP contribution in [0.3, 0.4) is 0 Å². The number of pyridine rings is 1. The Hall–Kier alpha value is -3.04. The van der Waals surface area contributed by atoms with Gasteiger partial charge in [0.05, 0.1) is 17.1 Å². The number of hydrogen-bond acceptors (Lipinski definition) is 4. The molecule has 10 heteroatoms. The van der Waals surface area contributed by atoms with Crippen molar-refractivity contribution in [3.63, 3.8) is 0 Å². The van der Waals surface area contributed by atoms with Crippen molar-refractivity contribution in [3.8, 4) is 0 Å². The molecule has 7 nitrogen and oxygen atoms in total. The molecule has 1 aromatic heterocycles. The molecule has 0 bridgehead atoms. The molecule has 2 aliphatic rings. The molecular weight excluding hydrogens is 425 g/mol. The Bertz CT molecular complexity index is 1030. The van der Waals surface area contributed by atoms with Crippen LogP contribution in [0.5, 0.6) is 0 Å². The summed E-state index contributed by atoms with van der Waals surface area (Å²) in [6.07, 6.45) is -2.87. The number of likely N-dealkylation sites (tertiary alicyclic amines) is 1. The summed E-state index contributed by atoms with van der Waals surface area (Å²) >= 11 is 0. The largest absolute Gasteiger partial charge is 0.465 e. The molecule has 172 valence electrons. The third-order valence-corrected chi connectivity index (χ3v) is 6.23. The van der Waals surface area contributed by atoms with Crippen LogP contribution in [0.15, 0.2) is 30.5 Å². The number of piperidine rings is 1. The zero-order valence-corrected chi connectivity index (χ0v) is 17.7. The lowest BCUT2D eigenvalue weighted by Gasteiger charge is -2.43. The Balaban J connectivity index is 1.64. The molecule has 32 heavy (non-hydrogen) atoms. The number of halogens is 3. The minimum Gasteiger partial charge on any atom is -0.465 e. The van der Waals surface area contributed by atoms with Gasteiger partial charge in [-0.3, -0.25) is 14.7 Å². The minimum atomic E-state index is -4.53. The third-order valence-electron chi connectivity index (χ3n) is 6.23. The zero-order chi connectivity index (χ0) is 23.0. The number of nitrogens with zero attached hydrogens (tertiary/aromatic N) is 4. The van der Waals surface area contributed by atoms with Gasteiger partial charge in [0, 0.05) is 43.4 Å². The number of hydrogen-bond donors (Lipinski definition) is 1. The first-order chi connectivity index (χ1) is 15.1. The molecule has 4 rings (SSSR count). The maximum atomic E-state index is 13.5. The van der Waals surface area contributed by atoms with Crippen LogP contribution < -0.4 is 4.90 Å². The third kappa shape index (κ3) is 4.31. The molecule has 2 fully saturated rings. The predicted octanol–water partition coefficient (Wildman–Crippen LogP) is 3.68. The number of benzene rings is 1. The second-order valence-corrected chi connectivity index (χ2v) is 8.57. The van der Waals surface area contributed by atoms with Gasteiger partial charge in [0.1, 0.15) is 6.54 Å². The van der Waals surface area contributed by atoms with E-state index in [0.717, 1.165) is 12.5 Å². The fourth-order valence-electron chi connectivity index (χ4n) is 4.57. The zero-order valence-electron chi connectivity index (χ0n) is 17.7. The molecule has 2 atom stereocenters. The van der Waals surface area contributed by atoms with E-state index in [-0.39, 0.29) is 23.9 Å². The lowest BCUT2D eigenvalue weighted by molar-refractivity contribution is -0.137. The van der Waals surface area contributed by atoms with Crippen LogP contribution in [-0.2, 0) is 11.0 Å². The normalized spacial score (nSPS) is 21.4. The van der Waals surface area contributed by atoms with Gasteiger partial charge in [0.25, 0.3) is 0 Å². The van der Waals surface area contributed by atoms with Crippen molar-refractivity contribution in [3.05, 3.63) is 36.0 Å². The van der Waals surface area contributed by atoms with Crippen molar-refractivity contribution < 1.29 is 27.9 Å². The van der Waals surface area contributed by atoms with E-state index >= 15 is 0 Å². The van der Waals surface area contributed by atoms with Crippen molar-refractivity contribution in [2.45, 2.75) is 32.0 Å². The summed E-state index contributed by atoms with van der Waals surface area (Å²) in [5.74, 6) is -0.128. The maximum Gasteiger partial charge on any atom is 0.418 e. The van der Waals surface area contributed by atoms with Crippen molar-refractivity contribution in [1.29, 1.82) is 0 Å². The molecule has 0 aliphatic carbocycles. The number of carboxylic acid groups (broad SMARTS) is 1. The topological polar surface area (TPSA) is 77.0 Å². The van der Waals surface area contributed by atoms with Crippen molar-refractivity contribution in [2.24, 2.45) is 5.92 Å². The first kappa shape index (κ1) is 22.2. The molecular formula is C22H25F3N4O3. The molecule has 2 amide bonds. The molecule has 1 N–H and O–H groups in total. The van der Waals surface area contributed by atoms with Gasteiger partial charge in [0.15, 0.2) is 0 Å². The lowest BCUT2D eigenvalue weighted by Crippen LogP contribution is -2.56. The monoisotopic (exact) mass is 450 g/mol. The fourth-order valence-corrected chi connectivity index (χ4v) is 4.57. The quantitative estimate of drug-likeness (QED) is 0.769. The Morgan fingerprint density at radius 2 is 1.97 bits per heavy atom. The number of alkyl halides is 3. The van der Waals surface area contributed by atoms with Gasteiger partial charge in [-0.2, -0.15) is 13.2 Å². The predicted molar refractivity (Wildman–Crippen MR) is 112 cm³/mol. The van der Waals surface area contributed by atoms with E-state index in [1.165, 1.54) is 17.2 Å². The van der Waals surface area contributed by atoms with Crippen LogP contribution in [0.4, 0.5) is 23.7 Å². The van der Waals surface area contributed by atoms with E-state index in [1.807, 2.05) is 11.8 Å². The summed E-state index contributed by atoms with van der Waals surface area (Å²) in [7, 11) is 0. The van der Waals surface area contributed by atoms with Crippen LogP contribution in [0.1, 0.15) is 25.3 Å². The first-order valence-corrected chi connectivity index (χ1v) is 10.6. The van der Waals surface area contributed by atoms with Gasteiger partial charge < -0.3 is 14.9 Å². The molecule has 1 aromatic carbocycles. The highest BCUT2D eigenvalue weighted by Crippen LogP contribution is 2.38. The highest BCUT2D eigenvalue weighted by molar-refractivity contribution is 5.94. The van der Waals surface area contributed by atoms with Gasteiger partial charge in [0.2, 0.25) is 5.91 Å². The second-order valence-electron chi connectivity index (χ2n) is 8.57. The number of rotatable bonds is 4. The standard InChI is InChI=1S/C22H25F3N4O3/c1-14-10-15(29(21(31)32)13-19(30)27-8-3-9-27)12-28(11-14)18-6-5-17(22(23,24)25)20-16(18)4-2-7-26-20/h2,4-7,14-15H,3,8-13H2,1H3,(H,31,32)/t14-,15+/m0/s1. The SMILES string of the molecule is C[C@H]1C[C@@H](N(CC(=O)N2CCC2)C(=O)O)CN(c2ccc(C(F)(F)F)c3ncccc23)C1. The number of fused-ring (bicyclic) bond motifs is 1. The van der Waals surface area contributed by atoms with Crippen LogP contribution >= 0.6 is 0 Å². The number of aromatic nitrogens is 1. The first-order valence-electron chi connectivity index (χ1n) is 10.6. The second kappa shape index (κ2) is 8.48. The van der Waals surface area contributed by atoms with Gasteiger partial charge in [-0.25, -0.2) is 4.79 Å². The highest BCUT2D eigenvalue weighted by atomic mass is 19.4. The molecule has 2 aliphatic heterocycles. The molecule has 0 radical (unpaired) electrons. The van der Waals surface area contributed by atoms with E-state index in [9.17, 15) is 27.9 Å². The molecule has 3 heterocycles. The number of anilines is 1. The van der Waals surface area contributed by atoms with Crippen LogP contribution in [0, 0.1) is 5.92 Å². The molecule has 2 saturated heterocycles. The van der Waals surface area contributed by atoms with Crippen LogP contribution in [0.25, 0.3) is 10.9 Å². The van der Waals surface area contributed by atoms with E-state index in [0.29, 0.717) is 43.7 Å². The highest BCUT2D eigenvalue weighted by Gasteiger charge is 2.37. The van der Waals surface area contributed by atoms with E-state index in [1.54, 1.807) is 17.0 Å². The average molecular weight is 450 g/mol. The van der Waals surface area contributed by atoms with Crippen molar-refractivity contribution in [1.82, 2.24) is 14.8 Å². The Morgan fingerprint density at radius 1 is 1.22 bits per heavy atom. The van der Waals surface area contributed by atoms with Gasteiger partial charge >= 0.3 is 12.3 Å². The lowest BCUT2D eigenvalue weighted by atomic mass is 9.93. The van der Waals surface area contributed by atoms with E-state index < -0.39 is 23.9 Å². The smallest absolute Gasteiger partial charge is 0.418 e. The number of carbonyl (C=O) groups is 2. The summed E-state index contributed by atoms with van der Waals surface area (Å²) in [6.45, 7) is 3.91. The number of carbonyl (C=O) groups excluding carboxylic acids is 1. The maximum absolute atomic E-state index is 13.5. The molecule has 0 unspecified atom stereocenters. The number of amides is 2. The molecule has 0 spiro atoms. The van der Waals surface area contributed by atoms with Gasteiger partial charge in [-0.1, -0.05) is 6.92 Å². The van der Waals surface area contributed by atoms with Crippen LogP contribution in [0.2, 0.25) is 0 Å². The summed E-state index contributed by atoms with van der Waals surface area (Å²) in [5.41, 5.74) is -0.349. The summed E-state index contributed by atoms with van der Waals surface area (Å²) in [6, 6.07) is 5.20. The average Bonchev–Trinajstić information content (AvgIpc) is 2.68. The summed E-state index contributed by atoms with van der Waals surface area (Å²) < 4.78 is 40.4. The summed E-state index contributed by atoms with van der Waals surface area (Å²) in [4.78, 5) is 33.1. The van der Waals surface area contributed by atoms with Crippen LogP contribution in [-0.4, -0.2) is 70.7 Å². The minimum absolute atomic E-state index is 0.0868. The Morgan fingerprint density at radius 3 is 2.59 bits per heavy atom. The van der Waals surface area contributed by atoms with Gasteiger partial charge in [-0.05, 0) is 43.0 Å². The van der Waals surface area contributed by atoms with Crippen molar-refractivity contribution in [2.75, 3.05) is 37.6 Å². The Labute approximate surface area is 183 Å². The van der Waals surface area contributed by atoms with Gasteiger partial charge in [-0.15, -0.1) is 0 Å². The summed E-state index contributed by atoms with van der Waals surface area (Å²) in [5, 5.41) is 10.2. The molecule has 2 aromatic rings. The fraction of sp³-hybridized carbons (Fsp3) is 0.500. The van der Waals surface area contributed by atoms with E-state index in [2.05, 4.69) is 4.98 Å².